The molecule has 0 saturated heterocycles. The standard InChI is InChI=1S/C9H8F2INO2/c1-4-3-5(7(10)11)13-8(12)6(4)9(14)15-2/h3,7H,1-2H3. The van der Waals surface area contributed by atoms with Gasteiger partial charge in [0.05, 0.1) is 12.7 Å². The summed E-state index contributed by atoms with van der Waals surface area (Å²) in [6.45, 7) is 1.57. The van der Waals surface area contributed by atoms with E-state index in [1.807, 2.05) is 0 Å². The van der Waals surface area contributed by atoms with Crippen LogP contribution in [-0.2, 0) is 4.74 Å². The third kappa shape index (κ3) is 2.61. The number of carbonyl (C=O) groups excluding carboxylic acids is 1. The molecule has 1 aromatic heterocycles. The van der Waals surface area contributed by atoms with Crippen molar-refractivity contribution >= 4 is 28.6 Å². The van der Waals surface area contributed by atoms with Gasteiger partial charge in [-0.15, -0.1) is 0 Å². The van der Waals surface area contributed by atoms with Gasteiger partial charge in [-0.25, -0.2) is 18.6 Å². The van der Waals surface area contributed by atoms with Crippen LogP contribution >= 0.6 is 22.6 Å². The summed E-state index contributed by atoms with van der Waals surface area (Å²) in [6, 6.07) is 1.19. The predicted octanol–water partition coefficient (Wildman–Crippen LogP) is 2.72. The number of carbonyl (C=O) groups is 1. The van der Waals surface area contributed by atoms with Crippen LogP contribution < -0.4 is 0 Å². The van der Waals surface area contributed by atoms with Crippen LogP contribution in [0.4, 0.5) is 8.78 Å². The van der Waals surface area contributed by atoms with Crippen molar-refractivity contribution in [1.29, 1.82) is 0 Å². The van der Waals surface area contributed by atoms with Crippen molar-refractivity contribution in [1.82, 2.24) is 4.98 Å². The van der Waals surface area contributed by atoms with Gasteiger partial charge in [0.1, 0.15) is 9.39 Å². The maximum atomic E-state index is 12.4. The number of nitrogens with zero attached hydrogens (tertiary/aromatic N) is 1. The van der Waals surface area contributed by atoms with Gasteiger partial charge in [0.15, 0.2) is 0 Å². The van der Waals surface area contributed by atoms with E-state index in [0.717, 1.165) is 0 Å². The fourth-order valence-corrected chi connectivity index (χ4v) is 2.04. The molecule has 0 atom stereocenters. The van der Waals surface area contributed by atoms with E-state index >= 15 is 0 Å². The molecular weight excluding hydrogens is 319 g/mol. The topological polar surface area (TPSA) is 39.2 Å². The van der Waals surface area contributed by atoms with Gasteiger partial charge < -0.3 is 4.74 Å². The van der Waals surface area contributed by atoms with E-state index in [-0.39, 0.29) is 15.0 Å². The summed E-state index contributed by atoms with van der Waals surface area (Å²) in [7, 11) is 1.23. The molecule has 0 aromatic carbocycles. The Labute approximate surface area is 99.0 Å². The molecule has 82 valence electrons. The number of hydrogen-bond donors (Lipinski definition) is 0. The van der Waals surface area contributed by atoms with Crippen LogP contribution in [0.25, 0.3) is 0 Å². The van der Waals surface area contributed by atoms with E-state index in [4.69, 9.17) is 0 Å². The third-order valence-electron chi connectivity index (χ3n) is 1.81. The molecule has 0 radical (unpaired) electrons. The normalized spacial score (nSPS) is 10.5. The lowest BCUT2D eigenvalue weighted by molar-refractivity contribution is 0.0597. The van der Waals surface area contributed by atoms with Crippen molar-refractivity contribution in [2.75, 3.05) is 7.11 Å². The Bertz CT molecular complexity index is 373. The number of halogens is 3. The highest BCUT2D eigenvalue weighted by Gasteiger charge is 2.19. The molecule has 0 aliphatic heterocycles. The number of pyridine rings is 1. The molecule has 0 saturated carbocycles. The quantitative estimate of drug-likeness (QED) is 0.476. The molecule has 1 aromatic rings. The third-order valence-corrected chi connectivity index (χ3v) is 2.59. The van der Waals surface area contributed by atoms with E-state index in [0.29, 0.717) is 5.56 Å². The average molecular weight is 327 g/mol. The molecule has 1 rings (SSSR count). The van der Waals surface area contributed by atoms with Crippen molar-refractivity contribution in [3.05, 3.63) is 26.6 Å². The minimum atomic E-state index is -2.64. The summed E-state index contributed by atoms with van der Waals surface area (Å²) in [6.07, 6.45) is -2.64. The molecule has 0 spiro atoms. The molecule has 1 heterocycles. The predicted molar refractivity (Wildman–Crippen MR) is 58.0 cm³/mol. The van der Waals surface area contributed by atoms with Crippen molar-refractivity contribution in [2.24, 2.45) is 0 Å². The van der Waals surface area contributed by atoms with Gasteiger partial charge in [-0.2, -0.15) is 0 Å². The molecule has 15 heavy (non-hydrogen) atoms. The summed E-state index contributed by atoms with van der Waals surface area (Å²) < 4.78 is 29.5. The number of alkyl halides is 2. The second-order valence-corrected chi connectivity index (χ2v) is 3.84. The van der Waals surface area contributed by atoms with Crippen LogP contribution in [0.3, 0.4) is 0 Å². The van der Waals surface area contributed by atoms with Crippen LogP contribution in [0.5, 0.6) is 0 Å². The summed E-state index contributed by atoms with van der Waals surface area (Å²) >= 11 is 1.74. The van der Waals surface area contributed by atoms with Gasteiger partial charge in [0.25, 0.3) is 6.43 Å². The lowest BCUT2D eigenvalue weighted by Gasteiger charge is -2.08. The largest absolute Gasteiger partial charge is 0.465 e. The van der Waals surface area contributed by atoms with Crippen LogP contribution in [0.2, 0.25) is 0 Å². The molecule has 6 heteroatoms. The zero-order chi connectivity index (χ0) is 11.6. The first-order chi connectivity index (χ1) is 6.97. The van der Waals surface area contributed by atoms with Gasteiger partial charge >= 0.3 is 5.97 Å². The highest BCUT2D eigenvalue weighted by molar-refractivity contribution is 14.1. The Morgan fingerprint density at radius 1 is 1.60 bits per heavy atom. The SMILES string of the molecule is COC(=O)c1c(C)cc(C(F)F)nc1I. The second-order valence-electron chi connectivity index (χ2n) is 2.82. The van der Waals surface area contributed by atoms with Crippen LogP contribution in [0.15, 0.2) is 6.07 Å². The lowest BCUT2D eigenvalue weighted by Crippen LogP contribution is -2.09. The van der Waals surface area contributed by atoms with Crippen LogP contribution in [0, 0.1) is 10.6 Å². The highest BCUT2D eigenvalue weighted by Crippen LogP contribution is 2.23. The second kappa shape index (κ2) is 4.82. The van der Waals surface area contributed by atoms with Crippen molar-refractivity contribution in [3.63, 3.8) is 0 Å². The van der Waals surface area contributed by atoms with E-state index in [2.05, 4.69) is 9.72 Å². The fraction of sp³-hybridized carbons (Fsp3) is 0.333. The maximum Gasteiger partial charge on any atom is 0.340 e. The number of hydrogen-bond acceptors (Lipinski definition) is 3. The van der Waals surface area contributed by atoms with E-state index < -0.39 is 12.4 Å². The number of methoxy groups -OCH3 is 1. The molecule has 0 unspecified atom stereocenters. The Balaban J connectivity index is 3.27. The van der Waals surface area contributed by atoms with Gasteiger partial charge in [0.2, 0.25) is 0 Å². The van der Waals surface area contributed by atoms with Crippen molar-refractivity contribution < 1.29 is 18.3 Å². The Morgan fingerprint density at radius 3 is 2.60 bits per heavy atom. The average Bonchev–Trinajstić information content (AvgIpc) is 2.16. The summed E-state index contributed by atoms with van der Waals surface area (Å²) in [5, 5.41) is 0. The smallest absolute Gasteiger partial charge is 0.340 e. The minimum Gasteiger partial charge on any atom is -0.465 e. The van der Waals surface area contributed by atoms with Crippen molar-refractivity contribution in [2.45, 2.75) is 13.3 Å². The molecule has 0 aliphatic carbocycles. The summed E-state index contributed by atoms with van der Waals surface area (Å²) in [5.41, 5.74) is 0.351. The van der Waals surface area contributed by atoms with E-state index in [1.165, 1.54) is 13.2 Å². The number of aryl methyl sites for hydroxylation is 1. The van der Waals surface area contributed by atoms with Gasteiger partial charge in [-0.1, -0.05) is 0 Å². The molecule has 0 amide bonds. The van der Waals surface area contributed by atoms with Gasteiger partial charge in [-0.05, 0) is 41.1 Å². The lowest BCUT2D eigenvalue weighted by atomic mass is 10.1. The Morgan fingerprint density at radius 2 is 2.20 bits per heavy atom. The maximum absolute atomic E-state index is 12.4. The number of aromatic nitrogens is 1. The highest BCUT2D eigenvalue weighted by atomic mass is 127. The first-order valence-corrected chi connectivity index (χ1v) is 5.08. The first-order valence-electron chi connectivity index (χ1n) is 4.01. The zero-order valence-corrected chi connectivity index (χ0v) is 10.2. The summed E-state index contributed by atoms with van der Waals surface area (Å²) in [4.78, 5) is 14.9. The van der Waals surface area contributed by atoms with Crippen LogP contribution in [0.1, 0.15) is 28.0 Å². The summed E-state index contributed by atoms with van der Waals surface area (Å²) in [5.74, 6) is -0.565. The first kappa shape index (κ1) is 12.3. The number of ether oxygens (including phenoxy) is 1. The van der Waals surface area contributed by atoms with Gasteiger partial charge in [-0.3, -0.25) is 0 Å². The number of esters is 1. The van der Waals surface area contributed by atoms with E-state index in [9.17, 15) is 13.6 Å². The number of rotatable bonds is 2. The molecule has 0 aliphatic rings. The molecule has 0 N–H and O–H groups in total. The Kier molecular flexibility index (Phi) is 3.95. The minimum absolute atomic E-state index is 0.231. The van der Waals surface area contributed by atoms with Crippen LogP contribution in [-0.4, -0.2) is 18.1 Å². The van der Waals surface area contributed by atoms with Crippen molar-refractivity contribution in [3.8, 4) is 0 Å². The monoisotopic (exact) mass is 327 g/mol. The van der Waals surface area contributed by atoms with E-state index in [1.54, 1.807) is 29.5 Å². The molecule has 0 bridgehead atoms. The molecule has 3 nitrogen and oxygen atoms in total. The molecule has 0 fully saturated rings. The zero-order valence-electron chi connectivity index (χ0n) is 8.05. The fourth-order valence-electron chi connectivity index (χ4n) is 1.12. The van der Waals surface area contributed by atoms with Gasteiger partial charge in [0, 0.05) is 0 Å². The Hall–Kier alpha value is -0.790. The molecular formula is C9H8F2INO2.